The van der Waals surface area contributed by atoms with Gasteiger partial charge in [-0.05, 0) is 31.0 Å². The molecule has 0 unspecified atom stereocenters. The highest BCUT2D eigenvalue weighted by Crippen LogP contribution is 2.31. The zero-order valence-corrected chi connectivity index (χ0v) is 15.3. The molecule has 2 aromatic heterocycles. The summed E-state index contributed by atoms with van der Waals surface area (Å²) in [5, 5.41) is 7.97. The Bertz CT molecular complexity index is 1090. The maximum absolute atomic E-state index is 13.5. The van der Waals surface area contributed by atoms with Crippen LogP contribution in [0.2, 0.25) is 0 Å². The van der Waals surface area contributed by atoms with Crippen LogP contribution in [0.4, 0.5) is 8.78 Å². The second-order valence-corrected chi connectivity index (χ2v) is 8.25. The number of hydrogen-bond acceptors (Lipinski definition) is 7. The zero-order valence-electron chi connectivity index (χ0n) is 14.5. The van der Waals surface area contributed by atoms with Crippen LogP contribution in [-0.2, 0) is 10.0 Å². The van der Waals surface area contributed by atoms with Crippen molar-refractivity contribution in [2.75, 3.05) is 13.1 Å². The first kappa shape index (κ1) is 18.6. The number of rotatable bonds is 4. The summed E-state index contributed by atoms with van der Waals surface area (Å²) >= 11 is 0. The minimum Gasteiger partial charge on any atom is -0.419 e. The lowest BCUT2D eigenvalue weighted by Gasteiger charge is -2.30. The standard InChI is InChI=1S/C17H15F2N5O3S/c18-13-4-3-12(8-14(13)19)28(25,26)24-7-1-2-11(10-24)16-22-23-17(27-16)15-9-20-5-6-21-15/h3-6,8-9,11H,1-2,7,10H2/t11-/m0/s1. The molecule has 1 fully saturated rings. The molecule has 4 rings (SSSR count). The second kappa shape index (κ2) is 7.32. The summed E-state index contributed by atoms with van der Waals surface area (Å²) in [5.41, 5.74) is 0.420. The van der Waals surface area contributed by atoms with E-state index in [0.717, 1.165) is 12.1 Å². The van der Waals surface area contributed by atoms with Crippen molar-refractivity contribution in [1.82, 2.24) is 24.5 Å². The molecule has 1 aliphatic rings. The topological polar surface area (TPSA) is 102 Å². The van der Waals surface area contributed by atoms with E-state index in [-0.39, 0.29) is 29.8 Å². The van der Waals surface area contributed by atoms with Crippen LogP contribution in [0.15, 0.2) is 46.1 Å². The Balaban J connectivity index is 1.56. The molecule has 1 aliphatic heterocycles. The molecule has 0 aliphatic carbocycles. The highest BCUT2D eigenvalue weighted by molar-refractivity contribution is 7.89. The van der Waals surface area contributed by atoms with Crippen LogP contribution in [0.3, 0.4) is 0 Å². The highest BCUT2D eigenvalue weighted by Gasteiger charge is 2.33. The smallest absolute Gasteiger partial charge is 0.267 e. The van der Waals surface area contributed by atoms with Crippen molar-refractivity contribution in [3.63, 3.8) is 0 Å². The molecular formula is C17H15F2N5O3S. The summed E-state index contributed by atoms with van der Waals surface area (Å²) in [6.07, 6.45) is 5.72. The van der Waals surface area contributed by atoms with Crippen LogP contribution in [0.5, 0.6) is 0 Å². The molecule has 3 heterocycles. The van der Waals surface area contributed by atoms with Gasteiger partial charge in [-0.3, -0.25) is 4.98 Å². The van der Waals surface area contributed by atoms with Crippen LogP contribution in [0.1, 0.15) is 24.7 Å². The molecule has 1 saturated heterocycles. The third kappa shape index (κ3) is 3.50. The molecule has 146 valence electrons. The number of nitrogens with zero attached hydrogens (tertiary/aromatic N) is 5. The van der Waals surface area contributed by atoms with E-state index in [2.05, 4.69) is 20.2 Å². The van der Waals surface area contributed by atoms with Crippen molar-refractivity contribution >= 4 is 10.0 Å². The quantitative estimate of drug-likeness (QED) is 0.654. The van der Waals surface area contributed by atoms with Gasteiger partial charge >= 0.3 is 0 Å². The maximum Gasteiger partial charge on any atom is 0.267 e. The Hall–Kier alpha value is -2.79. The molecule has 1 aromatic carbocycles. The number of hydrogen-bond donors (Lipinski definition) is 0. The second-order valence-electron chi connectivity index (χ2n) is 6.31. The first-order valence-electron chi connectivity index (χ1n) is 8.50. The first-order chi connectivity index (χ1) is 13.4. The lowest BCUT2D eigenvalue weighted by Crippen LogP contribution is -2.39. The summed E-state index contributed by atoms with van der Waals surface area (Å²) in [4.78, 5) is 7.73. The summed E-state index contributed by atoms with van der Waals surface area (Å²) in [5.74, 6) is -2.13. The first-order valence-corrected chi connectivity index (χ1v) is 9.94. The van der Waals surface area contributed by atoms with E-state index in [0.29, 0.717) is 30.5 Å². The minimum atomic E-state index is -3.97. The predicted octanol–water partition coefficient (Wildman–Crippen LogP) is 2.37. The van der Waals surface area contributed by atoms with Crippen molar-refractivity contribution in [2.45, 2.75) is 23.7 Å². The fourth-order valence-corrected chi connectivity index (χ4v) is 4.60. The van der Waals surface area contributed by atoms with Crippen LogP contribution < -0.4 is 0 Å². The van der Waals surface area contributed by atoms with E-state index >= 15 is 0 Å². The number of piperidine rings is 1. The molecule has 0 bridgehead atoms. The van der Waals surface area contributed by atoms with E-state index in [1.54, 1.807) is 0 Å². The average molecular weight is 407 g/mol. The summed E-state index contributed by atoms with van der Waals surface area (Å²) in [6, 6.07) is 2.54. The normalized spacial score (nSPS) is 18.3. The fourth-order valence-electron chi connectivity index (χ4n) is 3.06. The molecule has 11 heteroatoms. The summed E-state index contributed by atoms with van der Waals surface area (Å²) in [6.45, 7) is 0.367. The van der Waals surface area contributed by atoms with E-state index in [1.807, 2.05) is 0 Å². The molecule has 28 heavy (non-hydrogen) atoms. The molecule has 8 nitrogen and oxygen atoms in total. The Kier molecular flexibility index (Phi) is 4.85. The van der Waals surface area contributed by atoms with Crippen molar-refractivity contribution < 1.29 is 21.6 Å². The Morgan fingerprint density at radius 2 is 2.00 bits per heavy atom. The molecule has 1 atom stereocenters. The number of sulfonamides is 1. The molecule has 0 N–H and O–H groups in total. The van der Waals surface area contributed by atoms with Crippen molar-refractivity contribution in [3.8, 4) is 11.6 Å². The third-order valence-electron chi connectivity index (χ3n) is 4.49. The van der Waals surface area contributed by atoms with Gasteiger partial charge in [0.05, 0.1) is 17.0 Å². The lowest BCUT2D eigenvalue weighted by molar-refractivity contribution is 0.286. The monoisotopic (exact) mass is 407 g/mol. The Morgan fingerprint density at radius 1 is 1.14 bits per heavy atom. The molecule has 3 aromatic rings. The molecular weight excluding hydrogens is 392 g/mol. The maximum atomic E-state index is 13.5. The van der Waals surface area contributed by atoms with Crippen molar-refractivity contribution in [2.24, 2.45) is 0 Å². The van der Waals surface area contributed by atoms with E-state index in [1.165, 1.54) is 22.9 Å². The van der Waals surface area contributed by atoms with Gasteiger partial charge < -0.3 is 4.42 Å². The van der Waals surface area contributed by atoms with Gasteiger partial charge in [0, 0.05) is 25.5 Å². The van der Waals surface area contributed by atoms with Gasteiger partial charge in [-0.25, -0.2) is 22.2 Å². The van der Waals surface area contributed by atoms with Gasteiger partial charge in [0.1, 0.15) is 5.69 Å². The average Bonchev–Trinajstić information content (AvgIpc) is 3.21. The predicted molar refractivity (Wildman–Crippen MR) is 92.4 cm³/mol. The number of aromatic nitrogens is 4. The largest absolute Gasteiger partial charge is 0.419 e. The Morgan fingerprint density at radius 3 is 2.75 bits per heavy atom. The SMILES string of the molecule is O=S(=O)(c1ccc(F)c(F)c1)N1CCC[C@H](c2nnc(-c3cnccn3)o2)C1. The van der Waals surface area contributed by atoms with Crippen molar-refractivity contribution in [3.05, 3.63) is 54.3 Å². The molecule has 0 amide bonds. The number of halogens is 2. The van der Waals surface area contributed by atoms with Gasteiger partial charge in [0.15, 0.2) is 11.6 Å². The van der Waals surface area contributed by atoms with Crippen LogP contribution in [0, 0.1) is 11.6 Å². The van der Waals surface area contributed by atoms with Crippen molar-refractivity contribution in [1.29, 1.82) is 0 Å². The molecule has 0 spiro atoms. The lowest BCUT2D eigenvalue weighted by atomic mass is 10.00. The Labute approximate surface area is 159 Å². The van der Waals surface area contributed by atoms with Gasteiger partial charge in [-0.1, -0.05) is 0 Å². The summed E-state index contributed by atoms with van der Waals surface area (Å²) in [7, 11) is -3.97. The minimum absolute atomic E-state index is 0.101. The number of benzene rings is 1. The van der Waals surface area contributed by atoms with Gasteiger partial charge in [0.2, 0.25) is 15.9 Å². The molecule has 0 radical (unpaired) electrons. The van der Waals surface area contributed by atoms with Gasteiger partial charge in [-0.15, -0.1) is 10.2 Å². The van der Waals surface area contributed by atoms with Crippen LogP contribution in [0.25, 0.3) is 11.6 Å². The van der Waals surface area contributed by atoms with Gasteiger partial charge in [0.25, 0.3) is 5.89 Å². The highest BCUT2D eigenvalue weighted by atomic mass is 32.2. The van der Waals surface area contributed by atoms with E-state index in [9.17, 15) is 17.2 Å². The zero-order chi connectivity index (χ0) is 19.7. The van der Waals surface area contributed by atoms with E-state index < -0.39 is 21.7 Å². The fraction of sp³-hybridized carbons (Fsp3) is 0.294. The third-order valence-corrected chi connectivity index (χ3v) is 6.35. The van der Waals surface area contributed by atoms with Gasteiger partial charge in [-0.2, -0.15) is 4.31 Å². The van der Waals surface area contributed by atoms with E-state index in [4.69, 9.17) is 4.42 Å². The van der Waals surface area contributed by atoms with Crippen LogP contribution >= 0.6 is 0 Å². The summed E-state index contributed by atoms with van der Waals surface area (Å²) < 4.78 is 59.1. The molecule has 0 saturated carbocycles. The van der Waals surface area contributed by atoms with Crippen LogP contribution in [-0.4, -0.2) is 46.0 Å².